The molecule has 0 saturated heterocycles. The van der Waals surface area contributed by atoms with Crippen molar-refractivity contribution in [2.45, 2.75) is 13.0 Å². The first-order valence-corrected chi connectivity index (χ1v) is 2.27. The van der Waals surface area contributed by atoms with Crippen LogP contribution in [0.1, 0.15) is 6.92 Å². The molecule has 0 aromatic rings. The van der Waals surface area contributed by atoms with Gasteiger partial charge in [-0.3, -0.25) is 5.32 Å². The molecule has 7 heavy (non-hydrogen) atoms. The van der Waals surface area contributed by atoms with Gasteiger partial charge in [-0.05, 0) is 6.92 Å². The van der Waals surface area contributed by atoms with Gasteiger partial charge >= 0.3 is 0 Å². The molecule has 44 valence electrons. The molecule has 0 saturated carbocycles. The van der Waals surface area contributed by atoms with Gasteiger partial charge in [-0.1, -0.05) is 0 Å². The highest BCUT2D eigenvalue weighted by molar-refractivity contribution is 4.46. The molecule has 0 rings (SSSR count). The molecule has 1 atom stereocenters. The summed E-state index contributed by atoms with van der Waals surface area (Å²) in [6.45, 7) is 2.05. The van der Waals surface area contributed by atoms with Gasteiger partial charge in [0.1, 0.15) is 0 Å². The summed E-state index contributed by atoms with van der Waals surface area (Å²) < 4.78 is 0. The van der Waals surface area contributed by atoms with Gasteiger partial charge in [0.15, 0.2) is 0 Å². The van der Waals surface area contributed by atoms with Crippen molar-refractivity contribution in [1.29, 1.82) is 0 Å². The van der Waals surface area contributed by atoms with Gasteiger partial charge in [-0.15, -0.1) is 0 Å². The van der Waals surface area contributed by atoms with E-state index >= 15 is 0 Å². The van der Waals surface area contributed by atoms with Crippen molar-refractivity contribution >= 4 is 0 Å². The maximum absolute atomic E-state index is 8.51. The summed E-state index contributed by atoms with van der Waals surface area (Å²) in [5.41, 5.74) is 0. The Balaban J connectivity index is 2.68. The third kappa shape index (κ3) is 5.88. The second-order valence-corrected chi connectivity index (χ2v) is 1.46. The smallest absolute Gasteiger partial charge is 0.0932 e. The third-order valence-electron chi connectivity index (χ3n) is 0.552. The van der Waals surface area contributed by atoms with Gasteiger partial charge in [0, 0.05) is 6.54 Å². The summed E-state index contributed by atoms with van der Waals surface area (Å²) >= 11 is 0. The van der Waals surface area contributed by atoms with Crippen molar-refractivity contribution in [2.24, 2.45) is 0 Å². The van der Waals surface area contributed by atoms with Crippen LogP contribution >= 0.6 is 0 Å². The summed E-state index contributed by atoms with van der Waals surface area (Å²) in [6.07, 6.45) is -0.368. The predicted octanol–water partition coefficient (Wildman–Crippen LogP) is -1.09. The Labute approximate surface area is 43.0 Å². The number of rotatable bonds is 3. The quantitative estimate of drug-likeness (QED) is 0.400. The van der Waals surface area contributed by atoms with Gasteiger partial charge in [0.2, 0.25) is 0 Å². The second kappa shape index (κ2) is 4.05. The van der Waals surface area contributed by atoms with Crippen LogP contribution < -0.4 is 5.32 Å². The van der Waals surface area contributed by atoms with Crippen LogP contribution in [0.5, 0.6) is 0 Å². The van der Waals surface area contributed by atoms with Gasteiger partial charge in [-0.25, -0.2) is 0 Å². The highest BCUT2D eigenvalue weighted by Gasteiger charge is 1.89. The van der Waals surface area contributed by atoms with Crippen LogP contribution in [0.15, 0.2) is 0 Å². The van der Waals surface area contributed by atoms with E-state index in [0.29, 0.717) is 6.54 Å². The first-order valence-electron chi connectivity index (χ1n) is 2.27. The highest BCUT2D eigenvalue weighted by Crippen LogP contribution is 1.70. The molecule has 0 unspecified atom stereocenters. The van der Waals surface area contributed by atoms with E-state index in [1.165, 1.54) is 0 Å². The van der Waals surface area contributed by atoms with E-state index < -0.39 is 0 Å². The molecule has 3 N–H and O–H groups in total. The zero-order valence-electron chi connectivity index (χ0n) is 4.39. The first-order chi connectivity index (χ1) is 3.27. The summed E-state index contributed by atoms with van der Waals surface area (Å²) in [7, 11) is 0. The van der Waals surface area contributed by atoms with Gasteiger partial charge in [-0.2, -0.15) is 0 Å². The molecule has 3 heteroatoms. The van der Waals surface area contributed by atoms with Gasteiger partial charge in [0.25, 0.3) is 0 Å². The van der Waals surface area contributed by atoms with Crippen LogP contribution in [0, 0.1) is 0 Å². The normalized spacial score (nSPS) is 14.1. The van der Waals surface area contributed by atoms with Crippen LogP contribution in [-0.2, 0) is 0 Å². The minimum Gasteiger partial charge on any atom is -0.392 e. The summed E-state index contributed by atoms with van der Waals surface area (Å²) in [6, 6.07) is 0. The average molecular weight is 105 g/mol. The Morgan fingerprint density at radius 3 is 2.43 bits per heavy atom. The lowest BCUT2D eigenvalue weighted by atomic mass is 10.4. The third-order valence-corrected chi connectivity index (χ3v) is 0.552. The number of aliphatic hydroxyl groups is 2. The van der Waals surface area contributed by atoms with E-state index in [2.05, 4.69) is 5.32 Å². The highest BCUT2D eigenvalue weighted by atomic mass is 16.3. The molecule has 0 radical (unpaired) electrons. The zero-order valence-corrected chi connectivity index (χ0v) is 4.39. The standard InChI is InChI=1S/C4H11NO2/c1-4(7)2-5-3-6/h4-7H,2-3H2,1H3/t4-/m0/s1. The van der Waals surface area contributed by atoms with E-state index in [0.717, 1.165) is 0 Å². The zero-order chi connectivity index (χ0) is 5.70. The maximum Gasteiger partial charge on any atom is 0.0932 e. The van der Waals surface area contributed by atoms with E-state index in [-0.39, 0.29) is 12.8 Å². The molecule has 0 heterocycles. The Kier molecular flexibility index (Phi) is 3.98. The Morgan fingerprint density at radius 2 is 2.29 bits per heavy atom. The Hall–Kier alpha value is -0.120. The Bertz CT molecular complexity index is 38.7. The second-order valence-electron chi connectivity index (χ2n) is 1.46. The van der Waals surface area contributed by atoms with E-state index in [1.807, 2.05) is 0 Å². The van der Waals surface area contributed by atoms with Crippen LogP contribution in [0.2, 0.25) is 0 Å². The molecule has 0 amide bonds. The fraction of sp³-hybridized carbons (Fsp3) is 1.00. The van der Waals surface area contributed by atoms with Crippen molar-refractivity contribution in [1.82, 2.24) is 5.32 Å². The number of aliphatic hydroxyl groups excluding tert-OH is 2. The summed E-state index contributed by atoms with van der Waals surface area (Å²) in [4.78, 5) is 0. The number of hydrogen-bond acceptors (Lipinski definition) is 3. The van der Waals surface area contributed by atoms with Crippen molar-refractivity contribution in [3.05, 3.63) is 0 Å². The van der Waals surface area contributed by atoms with Gasteiger partial charge < -0.3 is 10.2 Å². The van der Waals surface area contributed by atoms with E-state index in [1.54, 1.807) is 6.92 Å². The molecule has 0 aromatic carbocycles. The predicted molar refractivity (Wildman–Crippen MR) is 26.8 cm³/mol. The lowest BCUT2D eigenvalue weighted by Gasteiger charge is -2.00. The number of hydrogen-bond donors (Lipinski definition) is 3. The fourth-order valence-corrected chi connectivity index (χ4v) is 0.273. The lowest BCUT2D eigenvalue weighted by Crippen LogP contribution is -2.24. The monoisotopic (exact) mass is 105 g/mol. The van der Waals surface area contributed by atoms with Gasteiger partial charge in [0.05, 0.1) is 12.8 Å². The summed E-state index contributed by atoms with van der Waals surface area (Å²) in [5.74, 6) is 0. The molecule has 0 bridgehead atoms. The topological polar surface area (TPSA) is 52.5 Å². The van der Waals surface area contributed by atoms with Crippen LogP contribution in [0.4, 0.5) is 0 Å². The fourth-order valence-electron chi connectivity index (χ4n) is 0.273. The van der Waals surface area contributed by atoms with E-state index in [4.69, 9.17) is 10.2 Å². The first kappa shape index (κ1) is 6.88. The van der Waals surface area contributed by atoms with Crippen LogP contribution in [0.25, 0.3) is 0 Å². The van der Waals surface area contributed by atoms with Crippen molar-refractivity contribution < 1.29 is 10.2 Å². The lowest BCUT2D eigenvalue weighted by molar-refractivity contribution is 0.169. The minimum absolute atomic E-state index is 0.0646. The molecule has 3 nitrogen and oxygen atoms in total. The molecule has 0 aromatic heterocycles. The van der Waals surface area contributed by atoms with Crippen LogP contribution in [-0.4, -0.2) is 29.6 Å². The van der Waals surface area contributed by atoms with Crippen molar-refractivity contribution in [3.63, 3.8) is 0 Å². The van der Waals surface area contributed by atoms with Crippen LogP contribution in [0.3, 0.4) is 0 Å². The minimum atomic E-state index is -0.368. The SMILES string of the molecule is C[C@H](O)CNCO. The Morgan fingerprint density at radius 1 is 1.71 bits per heavy atom. The molecule has 0 fully saturated rings. The molecule has 0 aliphatic rings. The summed E-state index contributed by atoms with van der Waals surface area (Å²) in [5, 5.41) is 19.2. The average Bonchev–Trinajstić information content (AvgIpc) is 1.61. The van der Waals surface area contributed by atoms with E-state index in [9.17, 15) is 0 Å². The molecule has 0 aliphatic carbocycles. The molecule has 0 spiro atoms. The largest absolute Gasteiger partial charge is 0.392 e. The molecular weight excluding hydrogens is 94.0 g/mol. The molecular formula is C4H11NO2. The maximum atomic E-state index is 8.51. The molecule has 0 aliphatic heterocycles. The van der Waals surface area contributed by atoms with Crippen molar-refractivity contribution in [3.8, 4) is 0 Å². The van der Waals surface area contributed by atoms with Crippen molar-refractivity contribution in [2.75, 3.05) is 13.3 Å². The number of nitrogens with one attached hydrogen (secondary N) is 1.